The highest BCUT2D eigenvalue weighted by Crippen LogP contribution is 2.01. The molecule has 0 aliphatic heterocycles. The lowest BCUT2D eigenvalue weighted by Gasteiger charge is -2.10. The molecule has 0 bridgehead atoms. The molecule has 1 amide bonds. The standard InChI is InChI=1S/C10H21NO2/c1-8(2)6-5-7-11-10(12)9(3)13-4/h8-9H,5-7H2,1-4H3,(H,11,12). The van der Waals surface area contributed by atoms with Gasteiger partial charge < -0.3 is 10.1 Å². The van der Waals surface area contributed by atoms with Crippen LogP contribution >= 0.6 is 0 Å². The van der Waals surface area contributed by atoms with Gasteiger partial charge in [-0.25, -0.2) is 0 Å². The van der Waals surface area contributed by atoms with E-state index in [9.17, 15) is 4.79 Å². The Morgan fingerprint density at radius 2 is 2.00 bits per heavy atom. The number of nitrogens with one attached hydrogen (secondary N) is 1. The van der Waals surface area contributed by atoms with Crippen LogP contribution in [-0.2, 0) is 9.53 Å². The molecule has 78 valence electrons. The number of hydrogen-bond acceptors (Lipinski definition) is 2. The second-order valence-corrected chi connectivity index (χ2v) is 3.71. The quantitative estimate of drug-likeness (QED) is 0.641. The van der Waals surface area contributed by atoms with Gasteiger partial charge in [0, 0.05) is 13.7 Å². The van der Waals surface area contributed by atoms with E-state index < -0.39 is 0 Å². The van der Waals surface area contributed by atoms with Gasteiger partial charge in [0.15, 0.2) is 0 Å². The lowest BCUT2D eigenvalue weighted by atomic mass is 10.1. The van der Waals surface area contributed by atoms with E-state index in [-0.39, 0.29) is 12.0 Å². The molecule has 0 aromatic heterocycles. The summed E-state index contributed by atoms with van der Waals surface area (Å²) >= 11 is 0. The van der Waals surface area contributed by atoms with Gasteiger partial charge in [0.05, 0.1) is 0 Å². The van der Waals surface area contributed by atoms with Crippen LogP contribution in [0.4, 0.5) is 0 Å². The number of amides is 1. The lowest BCUT2D eigenvalue weighted by molar-refractivity contribution is -0.130. The topological polar surface area (TPSA) is 38.3 Å². The molecule has 3 nitrogen and oxygen atoms in total. The molecule has 0 aromatic carbocycles. The van der Waals surface area contributed by atoms with Crippen molar-refractivity contribution >= 4 is 5.91 Å². The van der Waals surface area contributed by atoms with Gasteiger partial charge in [-0.1, -0.05) is 13.8 Å². The van der Waals surface area contributed by atoms with Crippen LogP contribution in [0.3, 0.4) is 0 Å². The second-order valence-electron chi connectivity index (χ2n) is 3.71. The van der Waals surface area contributed by atoms with E-state index in [0.29, 0.717) is 5.92 Å². The second kappa shape index (κ2) is 6.89. The summed E-state index contributed by atoms with van der Waals surface area (Å²) in [6.45, 7) is 6.86. The monoisotopic (exact) mass is 187 g/mol. The van der Waals surface area contributed by atoms with Gasteiger partial charge in [0.25, 0.3) is 0 Å². The zero-order valence-corrected chi connectivity index (χ0v) is 9.09. The maximum Gasteiger partial charge on any atom is 0.248 e. The van der Waals surface area contributed by atoms with Gasteiger partial charge >= 0.3 is 0 Å². The van der Waals surface area contributed by atoms with Crippen molar-refractivity contribution < 1.29 is 9.53 Å². The van der Waals surface area contributed by atoms with Crippen molar-refractivity contribution in [2.24, 2.45) is 5.92 Å². The van der Waals surface area contributed by atoms with Gasteiger partial charge in [-0.15, -0.1) is 0 Å². The Hall–Kier alpha value is -0.570. The molecule has 3 heteroatoms. The molecule has 1 atom stereocenters. The lowest BCUT2D eigenvalue weighted by Crippen LogP contribution is -2.34. The van der Waals surface area contributed by atoms with Crippen molar-refractivity contribution in [1.29, 1.82) is 0 Å². The van der Waals surface area contributed by atoms with Crippen LogP contribution in [-0.4, -0.2) is 25.7 Å². The van der Waals surface area contributed by atoms with E-state index in [0.717, 1.165) is 19.4 Å². The number of carbonyl (C=O) groups excluding carboxylic acids is 1. The van der Waals surface area contributed by atoms with E-state index >= 15 is 0 Å². The highest BCUT2D eigenvalue weighted by Gasteiger charge is 2.09. The first-order valence-electron chi connectivity index (χ1n) is 4.88. The van der Waals surface area contributed by atoms with Crippen LogP contribution in [0.25, 0.3) is 0 Å². The number of carbonyl (C=O) groups is 1. The molecule has 0 heterocycles. The first-order valence-corrected chi connectivity index (χ1v) is 4.88. The van der Waals surface area contributed by atoms with Crippen molar-refractivity contribution in [3.05, 3.63) is 0 Å². The number of methoxy groups -OCH3 is 1. The average molecular weight is 187 g/mol. The summed E-state index contributed by atoms with van der Waals surface area (Å²) in [6.07, 6.45) is 1.86. The predicted octanol–water partition coefficient (Wildman–Crippen LogP) is 1.57. The van der Waals surface area contributed by atoms with Crippen LogP contribution in [0.1, 0.15) is 33.6 Å². The number of rotatable bonds is 6. The van der Waals surface area contributed by atoms with Crippen molar-refractivity contribution in [3.8, 4) is 0 Å². The van der Waals surface area contributed by atoms with Crippen LogP contribution in [0.2, 0.25) is 0 Å². The third-order valence-electron chi connectivity index (χ3n) is 1.98. The molecule has 0 aromatic rings. The zero-order valence-electron chi connectivity index (χ0n) is 9.09. The molecule has 0 saturated carbocycles. The minimum absolute atomic E-state index is 0.0220. The predicted molar refractivity (Wildman–Crippen MR) is 53.6 cm³/mol. The molecule has 0 aliphatic carbocycles. The van der Waals surface area contributed by atoms with Crippen LogP contribution in [0.5, 0.6) is 0 Å². The van der Waals surface area contributed by atoms with E-state index in [1.165, 1.54) is 0 Å². The molecule has 1 unspecified atom stereocenters. The molecule has 1 N–H and O–H groups in total. The average Bonchev–Trinajstić information content (AvgIpc) is 2.10. The molecule has 0 radical (unpaired) electrons. The van der Waals surface area contributed by atoms with Crippen LogP contribution < -0.4 is 5.32 Å². The minimum Gasteiger partial charge on any atom is -0.372 e. The van der Waals surface area contributed by atoms with Crippen molar-refractivity contribution in [3.63, 3.8) is 0 Å². The fraction of sp³-hybridized carbons (Fsp3) is 0.900. The van der Waals surface area contributed by atoms with E-state index in [1.807, 2.05) is 0 Å². The smallest absolute Gasteiger partial charge is 0.248 e. The first-order chi connectivity index (χ1) is 6.07. The number of hydrogen-bond donors (Lipinski definition) is 1. The molecular weight excluding hydrogens is 166 g/mol. The fourth-order valence-electron chi connectivity index (χ4n) is 0.973. The molecule has 0 spiro atoms. The molecule has 0 rings (SSSR count). The minimum atomic E-state index is -0.334. The Kier molecular flexibility index (Phi) is 6.59. The zero-order chi connectivity index (χ0) is 10.3. The number of ether oxygens (including phenoxy) is 1. The first kappa shape index (κ1) is 12.4. The summed E-state index contributed by atoms with van der Waals surface area (Å²) in [6, 6.07) is 0. The Morgan fingerprint density at radius 3 is 2.46 bits per heavy atom. The van der Waals surface area contributed by atoms with Gasteiger partial charge in [-0.2, -0.15) is 0 Å². The van der Waals surface area contributed by atoms with Gasteiger partial charge in [0.1, 0.15) is 6.10 Å². The maximum atomic E-state index is 11.2. The summed E-state index contributed by atoms with van der Waals surface area (Å²) in [5.41, 5.74) is 0. The Labute approximate surface area is 80.8 Å². The van der Waals surface area contributed by atoms with Crippen molar-refractivity contribution in [1.82, 2.24) is 5.32 Å². The van der Waals surface area contributed by atoms with Crippen LogP contribution in [0.15, 0.2) is 0 Å². The summed E-state index contributed by atoms with van der Waals surface area (Å²) in [4.78, 5) is 11.2. The summed E-state index contributed by atoms with van der Waals surface area (Å²) in [5.74, 6) is 0.683. The fourth-order valence-corrected chi connectivity index (χ4v) is 0.973. The van der Waals surface area contributed by atoms with Gasteiger partial charge in [0.2, 0.25) is 5.91 Å². The molecule has 13 heavy (non-hydrogen) atoms. The third kappa shape index (κ3) is 6.58. The molecule has 0 saturated heterocycles. The summed E-state index contributed by atoms with van der Waals surface area (Å²) < 4.78 is 4.88. The van der Waals surface area contributed by atoms with Gasteiger partial charge in [-0.3, -0.25) is 4.79 Å². The van der Waals surface area contributed by atoms with E-state index in [2.05, 4.69) is 19.2 Å². The highest BCUT2D eigenvalue weighted by atomic mass is 16.5. The largest absolute Gasteiger partial charge is 0.372 e. The van der Waals surface area contributed by atoms with Crippen molar-refractivity contribution in [2.75, 3.05) is 13.7 Å². The van der Waals surface area contributed by atoms with Crippen molar-refractivity contribution in [2.45, 2.75) is 39.7 Å². The Balaban J connectivity index is 3.37. The summed E-state index contributed by atoms with van der Waals surface area (Å²) in [5, 5.41) is 2.82. The maximum absolute atomic E-state index is 11.2. The Bertz CT molecular complexity index is 146. The molecular formula is C10H21NO2. The molecule has 0 fully saturated rings. The van der Waals surface area contributed by atoms with Crippen LogP contribution in [0, 0.1) is 5.92 Å². The van der Waals surface area contributed by atoms with Gasteiger partial charge in [-0.05, 0) is 25.7 Å². The molecule has 0 aliphatic rings. The van der Waals surface area contributed by atoms with E-state index in [1.54, 1.807) is 14.0 Å². The Morgan fingerprint density at radius 1 is 1.38 bits per heavy atom. The normalized spacial score (nSPS) is 13.0. The summed E-state index contributed by atoms with van der Waals surface area (Å²) in [7, 11) is 1.54. The highest BCUT2D eigenvalue weighted by molar-refractivity contribution is 5.80. The van der Waals surface area contributed by atoms with E-state index in [4.69, 9.17) is 4.74 Å². The SMILES string of the molecule is COC(C)C(=O)NCCCC(C)C. The third-order valence-corrected chi connectivity index (χ3v) is 1.98.